The van der Waals surface area contributed by atoms with E-state index in [-0.39, 0.29) is 5.91 Å². The average molecular weight is 444 g/mol. The van der Waals surface area contributed by atoms with E-state index in [0.717, 1.165) is 25.2 Å². The summed E-state index contributed by atoms with van der Waals surface area (Å²) in [6, 6.07) is 8.77. The number of hydrogen-bond acceptors (Lipinski definition) is 7. The van der Waals surface area contributed by atoms with Crippen LogP contribution in [0, 0.1) is 0 Å². The van der Waals surface area contributed by atoms with Crippen molar-refractivity contribution in [3.63, 3.8) is 0 Å². The van der Waals surface area contributed by atoms with E-state index in [4.69, 9.17) is 24.7 Å². The van der Waals surface area contributed by atoms with Crippen LogP contribution in [0.25, 0.3) is 0 Å². The molecule has 32 heavy (non-hydrogen) atoms. The lowest BCUT2D eigenvalue weighted by Crippen LogP contribution is -2.36. The van der Waals surface area contributed by atoms with Crippen LogP contribution in [0.2, 0.25) is 0 Å². The molecule has 3 rings (SSSR count). The Bertz CT molecular complexity index is 913. The van der Waals surface area contributed by atoms with Gasteiger partial charge in [-0.2, -0.15) is 0 Å². The summed E-state index contributed by atoms with van der Waals surface area (Å²) in [7, 11) is 0. The molecule has 174 valence electrons. The van der Waals surface area contributed by atoms with Gasteiger partial charge in [-0.15, -0.1) is 0 Å². The molecule has 2 aromatic carbocycles. The Morgan fingerprint density at radius 3 is 2.38 bits per heavy atom. The van der Waals surface area contributed by atoms with Crippen molar-refractivity contribution in [2.45, 2.75) is 27.2 Å². The van der Waals surface area contributed by atoms with Gasteiger partial charge in [0.1, 0.15) is 17.2 Å². The smallest absolute Gasteiger partial charge is 0.255 e. The first kappa shape index (κ1) is 23.5. The summed E-state index contributed by atoms with van der Waals surface area (Å²) in [5.41, 5.74) is 8.40. The summed E-state index contributed by atoms with van der Waals surface area (Å²) in [6.45, 7) is 10.3. The molecule has 0 aromatic heterocycles. The largest absolute Gasteiger partial charge is 0.492 e. The number of amides is 1. The lowest BCUT2D eigenvalue weighted by atomic mass is 10.1. The van der Waals surface area contributed by atoms with Crippen molar-refractivity contribution in [1.29, 1.82) is 0 Å². The van der Waals surface area contributed by atoms with Crippen molar-refractivity contribution in [1.82, 2.24) is 0 Å². The van der Waals surface area contributed by atoms with Crippen molar-refractivity contribution < 1.29 is 23.7 Å². The molecule has 3 N–H and O–H groups in total. The SMILES string of the molecule is CCCOc1ccc(C(=O)Nc2cc(OCC)c(N3CCOCC3)cc2OCC)cc1N. The number of rotatable bonds is 10. The van der Waals surface area contributed by atoms with E-state index in [1.54, 1.807) is 18.2 Å². The Morgan fingerprint density at radius 1 is 1.00 bits per heavy atom. The van der Waals surface area contributed by atoms with Gasteiger partial charge in [0.2, 0.25) is 0 Å². The van der Waals surface area contributed by atoms with Gasteiger partial charge in [-0.05, 0) is 38.5 Å². The monoisotopic (exact) mass is 443 g/mol. The Balaban J connectivity index is 1.87. The highest BCUT2D eigenvalue weighted by Crippen LogP contribution is 2.39. The quantitative estimate of drug-likeness (QED) is 0.537. The molecular weight excluding hydrogens is 410 g/mol. The number of carbonyl (C=O) groups is 1. The number of nitrogens with one attached hydrogen (secondary N) is 1. The number of hydrogen-bond donors (Lipinski definition) is 2. The summed E-state index contributed by atoms with van der Waals surface area (Å²) in [5, 5.41) is 2.95. The minimum absolute atomic E-state index is 0.290. The molecule has 1 aliphatic heterocycles. The number of carbonyl (C=O) groups excluding carboxylic acids is 1. The van der Waals surface area contributed by atoms with E-state index in [2.05, 4.69) is 10.2 Å². The van der Waals surface area contributed by atoms with Crippen LogP contribution in [-0.2, 0) is 4.74 Å². The summed E-state index contributed by atoms with van der Waals surface area (Å²) in [5.74, 6) is 1.56. The molecule has 0 saturated carbocycles. The van der Waals surface area contributed by atoms with Gasteiger partial charge in [0.25, 0.3) is 5.91 Å². The fourth-order valence-corrected chi connectivity index (χ4v) is 3.47. The number of ether oxygens (including phenoxy) is 4. The van der Waals surface area contributed by atoms with Crippen molar-refractivity contribution in [3.05, 3.63) is 35.9 Å². The molecule has 1 saturated heterocycles. The van der Waals surface area contributed by atoms with E-state index in [1.807, 2.05) is 32.9 Å². The Labute approximate surface area is 189 Å². The van der Waals surface area contributed by atoms with Crippen LogP contribution in [0.4, 0.5) is 17.1 Å². The van der Waals surface area contributed by atoms with Gasteiger partial charge in [-0.25, -0.2) is 0 Å². The zero-order valence-corrected chi connectivity index (χ0v) is 19.1. The third kappa shape index (κ3) is 5.76. The molecule has 0 spiro atoms. The van der Waals surface area contributed by atoms with Crippen LogP contribution >= 0.6 is 0 Å². The van der Waals surface area contributed by atoms with E-state index in [0.29, 0.717) is 67.2 Å². The highest BCUT2D eigenvalue weighted by Gasteiger charge is 2.21. The van der Waals surface area contributed by atoms with Gasteiger partial charge < -0.3 is 34.9 Å². The summed E-state index contributed by atoms with van der Waals surface area (Å²) in [6.07, 6.45) is 0.879. The van der Waals surface area contributed by atoms with Gasteiger partial charge >= 0.3 is 0 Å². The van der Waals surface area contributed by atoms with Crippen molar-refractivity contribution in [2.75, 3.05) is 62.1 Å². The maximum atomic E-state index is 13.0. The van der Waals surface area contributed by atoms with Crippen LogP contribution in [0.5, 0.6) is 17.2 Å². The Morgan fingerprint density at radius 2 is 1.72 bits per heavy atom. The zero-order chi connectivity index (χ0) is 22.9. The molecule has 2 aromatic rings. The van der Waals surface area contributed by atoms with Crippen LogP contribution < -0.4 is 30.2 Å². The van der Waals surface area contributed by atoms with Gasteiger partial charge in [-0.3, -0.25) is 4.79 Å². The molecule has 1 heterocycles. The van der Waals surface area contributed by atoms with Crippen LogP contribution in [0.15, 0.2) is 30.3 Å². The lowest BCUT2D eigenvalue weighted by Gasteiger charge is -2.31. The van der Waals surface area contributed by atoms with E-state index < -0.39 is 0 Å². The van der Waals surface area contributed by atoms with Crippen molar-refractivity contribution in [2.24, 2.45) is 0 Å². The molecule has 0 aliphatic carbocycles. The summed E-state index contributed by atoms with van der Waals surface area (Å²) >= 11 is 0. The standard InChI is InChI=1S/C24H33N3O5/c1-4-11-32-21-8-7-17(14-18(21)25)24(28)26-19-15-23(31-6-3)20(16-22(19)30-5-2)27-9-12-29-13-10-27/h7-8,14-16H,4-6,9-13,25H2,1-3H3,(H,26,28). The molecule has 0 radical (unpaired) electrons. The first-order chi connectivity index (χ1) is 15.6. The van der Waals surface area contributed by atoms with Gasteiger partial charge in [0.15, 0.2) is 0 Å². The number of nitrogen functional groups attached to an aromatic ring is 1. The molecule has 1 amide bonds. The molecule has 0 unspecified atom stereocenters. The Kier molecular flexibility index (Phi) is 8.44. The molecule has 1 fully saturated rings. The van der Waals surface area contributed by atoms with Crippen LogP contribution in [0.1, 0.15) is 37.6 Å². The van der Waals surface area contributed by atoms with E-state index >= 15 is 0 Å². The predicted octanol–water partition coefficient (Wildman–Crippen LogP) is 3.94. The highest BCUT2D eigenvalue weighted by molar-refractivity contribution is 6.06. The predicted molar refractivity (Wildman–Crippen MR) is 126 cm³/mol. The van der Waals surface area contributed by atoms with E-state index in [1.165, 1.54) is 0 Å². The normalized spacial score (nSPS) is 13.5. The zero-order valence-electron chi connectivity index (χ0n) is 19.1. The minimum atomic E-state index is -0.290. The second-order valence-corrected chi connectivity index (χ2v) is 7.34. The van der Waals surface area contributed by atoms with Gasteiger partial charge in [-0.1, -0.05) is 6.92 Å². The third-order valence-corrected chi connectivity index (χ3v) is 4.99. The molecule has 0 bridgehead atoms. The Hall–Kier alpha value is -3.13. The first-order valence-corrected chi connectivity index (χ1v) is 11.2. The van der Waals surface area contributed by atoms with E-state index in [9.17, 15) is 4.79 Å². The number of morpholine rings is 1. The molecule has 8 heteroatoms. The summed E-state index contributed by atoms with van der Waals surface area (Å²) in [4.78, 5) is 15.2. The third-order valence-electron chi connectivity index (χ3n) is 4.99. The molecule has 1 aliphatic rings. The second kappa shape index (κ2) is 11.5. The molecular formula is C24H33N3O5. The first-order valence-electron chi connectivity index (χ1n) is 11.2. The maximum Gasteiger partial charge on any atom is 0.255 e. The number of benzene rings is 2. The fraction of sp³-hybridized carbons (Fsp3) is 0.458. The number of anilines is 3. The molecule has 8 nitrogen and oxygen atoms in total. The minimum Gasteiger partial charge on any atom is -0.492 e. The maximum absolute atomic E-state index is 13.0. The summed E-state index contributed by atoms with van der Waals surface area (Å²) < 4.78 is 22.8. The highest BCUT2D eigenvalue weighted by atomic mass is 16.5. The van der Waals surface area contributed by atoms with Crippen LogP contribution in [-0.4, -0.2) is 52.0 Å². The number of nitrogens with zero attached hydrogens (tertiary/aromatic N) is 1. The lowest BCUT2D eigenvalue weighted by molar-refractivity contribution is 0.102. The van der Waals surface area contributed by atoms with Crippen LogP contribution in [0.3, 0.4) is 0 Å². The second-order valence-electron chi connectivity index (χ2n) is 7.34. The van der Waals surface area contributed by atoms with Crippen molar-refractivity contribution >= 4 is 23.0 Å². The topological polar surface area (TPSA) is 95.3 Å². The van der Waals surface area contributed by atoms with Crippen molar-refractivity contribution in [3.8, 4) is 17.2 Å². The molecule has 0 atom stereocenters. The van der Waals surface area contributed by atoms with Gasteiger partial charge in [0, 0.05) is 30.8 Å². The average Bonchev–Trinajstić information content (AvgIpc) is 2.80. The number of nitrogens with two attached hydrogens (primary N) is 1. The fourth-order valence-electron chi connectivity index (χ4n) is 3.47. The van der Waals surface area contributed by atoms with Gasteiger partial charge in [0.05, 0.1) is 50.1 Å².